The lowest BCUT2D eigenvalue weighted by molar-refractivity contribution is 0.100. The van der Waals surface area contributed by atoms with E-state index in [0.29, 0.717) is 18.8 Å². The molecule has 1 aromatic heterocycles. The minimum atomic E-state index is -3.79. The van der Waals surface area contributed by atoms with Gasteiger partial charge in [0.15, 0.2) is 0 Å². The first kappa shape index (κ1) is 16.9. The molecule has 2 heterocycles. The second-order valence-corrected chi connectivity index (χ2v) is 8.14. The molecule has 1 aliphatic rings. The number of hydrogen-bond donors (Lipinski definition) is 1. The zero-order chi connectivity index (χ0) is 17.3. The Kier molecular flexibility index (Phi) is 4.57. The minimum Gasteiger partial charge on any atom is -0.367 e. The molecule has 2 N–H and O–H groups in total. The average molecular weight is 369 g/mol. The molecule has 0 atom stereocenters. The van der Waals surface area contributed by atoms with Gasteiger partial charge in [-0.05, 0) is 23.6 Å². The normalized spacial score (nSPS) is 16.3. The number of nitrogens with zero attached hydrogens (tertiary/aromatic N) is 2. The zero-order valence-corrected chi connectivity index (χ0v) is 14.3. The van der Waals surface area contributed by atoms with Crippen LogP contribution in [0.5, 0.6) is 0 Å². The summed E-state index contributed by atoms with van der Waals surface area (Å²) in [6.45, 7) is 1.17. The molecule has 1 aromatic carbocycles. The van der Waals surface area contributed by atoms with Gasteiger partial charge in [0.2, 0.25) is 10.0 Å². The number of nitrogens with two attached hydrogens (primary N) is 1. The average Bonchev–Trinajstić information content (AvgIpc) is 3.06. The van der Waals surface area contributed by atoms with Gasteiger partial charge in [0.05, 0.1) is 5.69 Å². The Morgan fingerprint density at radius 2 is 1.79 bits per heavy atom. The lowest BCUT2D eigenvalue weighted by Crippen LogP contribution is -2.49. The van der Waals surface area contributed by atoms with E-state index in [4.69, 9.17) is 5.73 Å². The van der Waals surface area contributed by atoms with Crippen molar-refractivity contribution in [3.05, 3.63) is 46.4 Å². The molecule has 0 aliphatic carbocycles. The van der Waals surface area contributed by atoms with Gasteiger partial charge in [-0.1, -0.05) is 12.1 Å². The summed E-state index contributed by atoms with van der Waals surface area (Å²) in [6, 6.07) is 7.79. The Morgan fingerprint density at radius 1 is 1.12 bits per heavy atom. The maximum Gasteiger partial charge on any atom is 0.260 e. The van der Waals surface area contributed by atoms with Gasteiger partial charge >= 0.3 is 0 Å². The van der Waals surface area contributed by atoms with Crippen LogP contribution < -0.4 is 10.6 Å². The second kappa shape index (κ2) is 6.50. The third kappa shape index (κ3) is 3.02. The number of carbonyl (C=O) groups excluding carboxylic acids is 1. The van der Waals surface area contributed by atoms with Crippen molar-refractivity contribution in [2.45, 2.75) is 4.90 Å². The van der Waals surface area contributed by atoms with Crippen LogP contribution in [-0.4, -0.2) is 44.8 Å². The molecule has 1 fully saturated rings. The smallest absolute Gasteiger partial charge is 0.260 e. The van der Waals surface area contributed by atoms with Crippen LogP contribution in [0.3, 0.4) is 0 Å². The van der Waals surface area contributed by atoms with Crippen molar-refractivity contribution in [2.75, 3.05) is 31.1 Å². The number of benzene rings is 1. The summed E-state index contributed by atoms with van der Waals surface area (Å²) in [7, 11) is -3.79. The Morgan fingerprint density at radius 3 is 2.42 bits per heavy atom. The third-order valence-corrected chi connectivity index (χ3v) is 6.90. The number of sulfonamides is 1. The Bertz CT molecular complexity index is 858. The van der Waals surface area contributed by atoms with E-state index in [-0.39, 0.29) is 28.7 Å². The van der Waals surface area contributed by atoms with E-state index in [1.165, 1.54) is 21.8 Å². The van der Waals surface area contributed by atoms with Crippen molar-refractivity contribution in [1.82, 2.24) is 4.31 Å². The van der Waals surface area contributed by atoms with E-state index in [1.54, 1.807) is 18.2 Å². The van der Waals surface area contributed by atoms with Gasteiger partial charge < -0.3 is 10.6 Å². The van der Waals surface area contributed by atoms with Crippen molar-refractivity contribution in [1.29, 1.82) is 0 Å². The molecule has 3 rings (SSSR count). The number of primary amides is 1. The lowest BCUT2D eigenvalue weighted by Gasteiger charge is -2.35. The predicted octanol–water partition coefficient (Wildman–Crippen LogP) is 1.50. The Balaban J connectivity index is 1.78. The second-order valence-electron chi connectivity index (χ2n) is 5.32. The van der Waals surface area contributed by atoms with Crippen LogP contribution in [0, 0.1) is 5.82 Å². The van der Waals surface area contributed by atoms with Crippen LogP contribution in [0.25, 0.3) is 0 Å². The van der Waals surface area contributed by atoms with Crippen LogP contribution in [-0.2, 0) is 10.0 Å². The number of carbonyl (C=O) groups is 1. The summed E-state index contributed by atoms with van der Waals surface area (Å²) >= 11 is 1.01. The van der Waals surface area contributed by atoms with E-state index >= 15 is 0 Å². The highest BCUT2D eigenvalue weighted by Crippen LogP contribution is 2.27. The first-order chi connectivity index (χ1) is 11.4. The summed E-state index contributed by atoms with van der Waals surface area (Å²) < 4.78 is 40.6. The van der Waals surface area contributed by atoms with Crippen LogP contribution in [0.2, 0.25) is 0 Å². The molecule has 24 heavy (non-hydrogen) atoms. The monoisotopic (exact) mass is 369 g/mol. The molecule has 1 aliphatic heterocycles. The molecule has 9 heteroatoms. The molecule has 0 spiro atoms. The fraction of sp³-hybridized carbons (Fsp3) is 0.267. The molecule has 6 nitrogen and oxygen atoms in total. The van der Waals surface area contributed by atoms with Crippen molar-refractivity contribution in [3.8, 4) is 0 Å². The van der Waals surface area contributed by atoms with E-state index in [2.05, 4.69) is 0 Å². The van der Waals surface area contributed by atoms with E-state index < -0.39 is 15.9 Å². The van der Waals surface area contributed by atoms with Crippen LogP contribution in [0.15, 0.2) is 40.6 Å². The molecule has 1 saturated heterocycles. The van der Waals surface area contributed by atoms with Crippen LogP contribution >= 0.6 is 11.3 Å². The molecular formula is C15H16FN3O3S2. The summed E-state index contributed by atoms with van der Waals surface area (Å²) in [4.78, 5) is 13.2. The number of thiophene rings is 1. The van der Waals surface area contributed by atoms with Gasteiger partial charge in [-0.2, -0.15) is 4.31 Å². The number of anilines is 1. The van der Waals surface area contributed by atoms with E-state index in [9.17, 15) is 17.6 Å². The first-order valence-corrected chi connectivity index (χ1v) is 9.60. The van der Waals surface area contributed by atoms with Gasteiger partial charge in [0.1, 0.15) is 15.6 Å². The van der Waals surface area contributed by atoms with Gasteiger partial charge in [-0.3, -0.25) is 4.79 Å². The highest BCUT2D eigenvalue weighted by Gasteiger charge is 2.32. The quantitative estimate of drug-likeness (QED) is 0.885. The summed E-state index contributed by atoms with van der Waals surface area (Å²) in [6.07, 6.45) is 0. The first-order valence-electron chi connectivity index (χ1n) is 7.28. The number of amides is 1. The number of hydrogen-bond acceptors (Lipinski definition) is 5. The predicted molar refractivity (Wildman–Crippen MR) is 90.2 cm³/mol. The molecule has 0 saturated carbocycles. The molecule has 0 unspecified atom stereocenters. The van der Waals surface area contributed by atoms with Crippen molar-refractivity contribution in [3.63, 3.8) is 0 Å². The molecule has 2 aromatic rings. The van der Waals surface area contributed by atoms with Gasteiger partial charge in [-0.25, -0.2) is 12.8 Å². The van der Waals surface area contributed by atoms with Crippen molar-refractivity contribution < 1.29 is 17.6 Å². The third-order valence-electron chi connectivity index (χ3n) is 3.90. The highest BCUT2D eigenvalue weighted by molar-refractivity contribution is 7.89. The topological polar surface area (TPSA) is 83.7 Å². The zero-order valence-electron chi connectivity index (χ0n) is 12.7. The molecule has 0 bridgehead atoms. The minimum absolute atomic E-state index is 0.0338. The molecule has 1 amide bonds. The largest absolute Gasteiger partial charge is 0.367 e. The van der Waals surface area contributed by atoms with E-state index in [1.807, 2.05) is 4.90 Å². The molecule has 0 radical (unpaired) electrons. The number of para-hydroxylation sites is 1. The van der Waals surface area contributed by atoms with Crippen molar-refractivity contribution in [2.24, 2.45) is 5.73 Å². The fourth-order valence-corrected chi connectivity index (χ4v) is 5.38. The van der Waals surface area contributed by atoms with Gasteiger partial charge in [-0.15, -0.1) is 11.3 Å². The molecule has 128 valence electrons. The summed E-state index contributed by atoms with van der Waals surface area (Å²) in [5.41, 5.74) is 5.70. The van der Waals surface area contributed by atoms with Gasteiger partial charge in [0, 0.05) is 26.2 Å². The SMILES string of the molecule is NC(=O)c1sccc1S(=O)(=O)N1CCN(c2ccccc2F)CC1. The summed E-state index contributed by atoms with van der Waals surface area (Å²) in [5.74, 6) is -1.09. The van der Waals surface area contributed by atoms with E-state index in [0.717, 1.165) is 11.3 Å². The fourth-order valence-electron chi connectivity index (χ4n) is 2.70. The Labute approximate surface area is 143 Å². The Hall–Kier alpha value is -1.97. The maximum atomic E-state index is 13.8. The maximum absolute atomic E-state index is 13.8. The van der Waals surface area contributed by atoms with Crippen LogP contribution in [0.4, 0.5) is 10.1 Å². The standard InChI is InChI=1S/C15H16FN3O3S2/c16-11-3-1-2-4-12(11)18-6-8-19(9-7-18)24(21,22)13-5-10-23-14(13)15(17)20/h1-5,10H,6-9H2,(H2,17,20). The van der Waals surface area contributed by atoms with Gasteiger partial charge in [0.25, 0.3) is 5.91 Å². The molecular weight excluding hydrogens is 353 g/mol. The number of piperazine rings is 1. The van der Waals surface area contributed by atoms with Crippen LogP contribution in [0.1, 0.15) is 9.67 Å². The van der Waals surface area contributed by atoms with Crippen molar-refractivity contribution >= 4 is 33.0 Å². The highest BCUT2D eigenvalue weighted by atomic mass is 32.2. The number of halogens is 1. The number of rotatable bonds is 4. The lowest BCUT2D eigenvalue weighted by atomic mass is 10.2. The summed E-state index contributed by atoms with van der Waals surface area (Å²) in [5, 5.41) is 1.53.